The molecule has 80 valence electrons. The summed E-state index contributed by atoms with van der Waals surface area (Å²) in [5.41, 5.74) is 1.27. The number of rotatable bonds is 4. The topological polar surface area (TPSA) is 12.0 Å². The van der Waals surface area contributed by atoms with Gasteiger partial charge < -0.3 is 5.32 Å². The van der Waals surface area contributed by atoms with Crippen molar-refractivity contribution in [2.75, 3.05) is 5.32 Å². The molecule has 0 heterocycles. The summed E-state index contributed by atoms with van der Waals surface area (Å²) in [6.45, 7) is 0. The number of benzene rings is 1. The summed E-state index contributed by atoms with van der Waals surface area (Å²) in [7, 11) is 0. The Balaban J connectivity index is 1.74. The first-order valence-electron chi connectivity index (χ1n) is 5.85. The number of halogens is 1. The molecule has 0 amide bonds. The van der Waals surface area contributed by atoms with Crippen LogP contribution in [0.25, 0.3) is 0 Å². The Bertz CT molecular complexity index is 343. The fraction of sp³-hybridized carbons (Fsp3) is 0.538. The van der Waals surface area contributed by atoms with Gasteiger partial charge in [-0.3, -0.25) is 0 Å². The van der Waals surface area contributed by atoms with E-state index in [0.29, 0.717) is 0 Å². The van der Waals surface area contributed by atoms with Crippen LogP contribution in [0.15, 0.2) is 28.7 Å². The Morgan fingerprint density at radius 3 is 2.20 bits per heavy atom. The molecule has 2 aliphatic rings. The maximum absolute atomic E-state index is 3.72. The van der Waals surface area contributed by atoms with Crippen LogP contribution in [0.1, 0.15) is 25.7 Å². The zero-order chi connectivity index (χ0) is 10.3. The largest absolute Gasteiger partial charge is 0.381 e. The zero-order valence-electron chi connectivity index (χ0n) is 8.75. The van der Waals surface area contributed by atoms with Gasteiger partial charge in [0.1, 0.15) is 0 Å². The predicted octanol–water partition coefficient (Wildman–Crippen LogP) is 4.05. The molecule has 2 fully saturated rings. The first kappa shape index (κ1) is 9.71. The number of hydrogen-bond acceptors (Lipinski definition) is 1. The van der Waals surface area contributed by atoms with E-state index in [9.17, 15) is 0 Å². The van der Waals surface area contributed by atoms with Crippen LogP contribution in [0.4, 0.5) is 5.69 Å². The van der Waals surface area contributed by atoms with Crippen LogP contribution >= 0.6 is 15.9 Å². The Morgan fingerprint density at radius 2 is 1.67 bits per heavy atom. The predicted molar refractivity (Wildman–Crippen MR) is 67.0 cm³/mol. The second-order valence-corrected chi connectivity index (χ2v) is 5.68. The van der Waals surface area contributed by atoms with Crippen molar-refractivity contribution in [2.24, 2.45) is 11.8 Å². The molecular weight excluding hydrogens is 250 g/mol. The molecular formula is C13H16BrN. The molecule has 2 saturated carbocycles. The van der Waals surface area contributed by atoms with Crippen molar-refractivity contribution in [3.8, 4) is 0 Å². The Hall–Kier alpha value is -0.500. The molecule has 3 rings (SSSR count). The normalized spacial score (nSPS) is 20.7. The van der Waals surface area contributed by atoms with Crippen molar-refractivity contribution >= 4 is 21.6 Å². The number of anilines is 1. The second-order valence-electron chi connectivity index (χ2n) is 4.82. The van der Waals surface area contributed by atoms with Gasteiger partial charge in [-0.25, -0.2) is 0 Å². The van der Waals surface area contributed by atoms with Crippen molar-refractivity contribution in [3.05, 3.63) is 28.7 Å². The van der Waals surface area contributed by atoms with Gasteiger partial charge in [-0.05, 0) is 65.6 Å². The average molecular weight is 266 g/mol. The van der Waals surface area contributed by atoms with E-state index in [-0.39, 0.29) is 0 Å². The molecule has 0 bridgehead atoms. The second kappa shape index (κ2) is 3.82. The van der Waals surface area contributed by atoms with Crippen molar-refractivity contribution in [3.63, 3.8) is 0 Å². The first-order valence-corrected chi connectivity index (χ1v) is 6.65. The highest BCUT2D eigenvalue weighted by Gasteiger charge is 2.41. The molecule has 0 aliphatic heterocycles. The fourth-order valence-electron chi connectivity index (χ4n) is 2.29. The molecule has 2 heteroatoms. The lowest BCUT2D eigenvalue weighted by atomic mass is 10.1. The zero-order valence-corrected chi connectivity index (χ0v) is 10.3. The van der Waals surface area contributed by atoms with Gasteiger partial charge in [-0.2, -0.15) is 0 Å². The summed E-state index contributed by atoms with van der Waals surface area (Å²) in [6.07, 6.45) is 5.72. The maximum Gasteiger partial charge on any atom is 0.0486 e. The molecule has 1 N–H and O–H groups in total. The molecule has 0 spiro atoms. The smallest absolute Gasteiger partial charge is 0.0486 e. The van der Waals surface area contributed by atoms with E-state index in [1.165, 1.54) is 35.8 Å². The molecule has 0 atom stereocenters. The van der Waals surface area contributed by atoms with E-state index < -0.39 is 0 Å². The number of para-hydroxylation sites is 1. The van der Waals surface area contributed by atoms with Crippen molar-refractivity contribution in [2.45, 2.75) is 31.7 Å². The van der Waals surface area contributed by atoms with Crippen LogP contribution < -0.4 is 5.32 Å². The van der Waals surface area contributed by atoms with Gasteiger partial charge >= 0.3 is 0 Å². The summed E-state index contributed by atoms with van der Waals surface area (Å²) in [5.74, 6) is 1.90. The number of hydrogen-bond donors (Lipinski definition) is 1. The highest BCUT2D eigenvalue weighted by molar-refractivity contribution is 9.10. The highest BCUT2D eigenvalue weighted by Crippen LogP contribution is 2.46. The fourth-order valence-corrected chi connectivity index (χ4v) is 2.69. The Kier molecular flexibility index (Phi) is 2.47. The van der Waals surface area contributed by atoms with E-state index in [0.717, 1.165) is 17.9 Å². The SMILES string of the molecule is Brc1ccccc1NC(C1CC1)C1CC1. The monoisotopic (exact) mass is 265 g/mol. The van der Waals surface area contributed by atoms with E-state index in [4.69, 9.17) is 0 Å². The van der Waals surface area contributed by atoms with E-state index in [1.807, 2.05) is 0 Å². The molecule has 1 aromatic rings. The van der Waals surface area contributed by atoms with Gasteiger partial charge in [0.15, 0.2) is 0 Å². The van der Waals surface area contributed by atoms with Gasteiger partial charge in [0.2, 0.25) is 0 Å². The standard InChI is InChI=1S/C13H16BrN/c14-11-3-1-2-4-12(11)15-13(9-5-6-9)10-7-8-10/h1-4,9-10,13,15H,5-8H2. The highest BCUT2D eigenvalue weighted by atomic mass is 79.9. The van der Waals surface area contributed by atoms with Crippen LogP contribution in [0.3, 0.4) is 0 Å². The number of nitrogens with one attached hydrogen (secondary N) is 1. The van der Waals surface area contributed by atoms with E-state index >= 15 is 0 Å². The molecule has 0 saturated heterocycles. The van der Waals surface area contributed by atoms with Crippen LogP contribution in [0, 0.1) is 11.8 Å². The summed E-state index contributed by atoms with van der Waals surface area (Å²) in [4.78, 5) is 0. The Labute approximate surface area is 99.4 Å². The van der Waals surface area contributed by atoms with Gasteiger partial charge in [-0.15, -0.1) is 0 Å². The molecule has 1 aromatic carbocycles. The van der Waals surface area contributed by atoms with Crippen molar-refractivity contribution < 1.29 is 0 Å². The van der Waals surface area contributed by atoms with Crippen LogP contribution in [0.5, 0.6) is 0 Å². The third kappa shape index (κ3) is 2.20. The van der Waals surface area contributed by atoms with Crippen LogP contribution in [0.2, 0.25) is 0 Å². The third-order valence-electron chi connectivity index (χ3n) is 3.46. The molecule has 0 unspecified atom stereocenters. The summed E-state index contributed by atoms with van der Waals surface area (Å²) >= 11 is 3.60. The minimum atomic E-state index is 0.740. The maximum atomic E-state index is 3.72. The van der Waals surface area contributed by atoms with Crippen molar-refractivity contribution in [1.29, 1.82) is 0 Å². The van der Waals surface area contributed by atoms with Crippen LogP contribution in [-0.4, -0.2) is 6.04 Å². The summed E-state index contributed by atoms with van der Waals surface area (Å²) in [5, 5.41) is 3.72. The molecule has 15 heavy (non-hydrogen) atoms. The minimum absolute atomic E-state index is 0.740. The van der Waals surface area contributed by atoms with Gasteiger partial charge in [0, 0.05) is 16.2 Å². The van der Waals surface area contributed by atoms with E-state index in [2.05, 4.69) is 45.5 Å². The summed E-state index contributed by atoms with van der Waals surface area (Å²) in [6, 6.07) is 9.19. The van der Waals surface area contributed by atoms with E-state index in [1.54, 1.807) is 0 Å². The lowest BCUT2D eigenvalue weighted by molar-refractivity contribution is 0.567. The van der Waals surface area contributed by atoms with Crippen molar-refractivity contribution in [1.82, 2.24) is 0 Å². The van der Waals surface area contributed by atoms with Gasteiger partial charge in [-0.1, -0.05) is 12.1 Å². The quantitative estimate of drug-likeness (QED) is 0.866. The average Bonchev–Trinajstić information content (AvgIpc) is 3.10. The molecule has 1 nitrogen and oxygen atoms in total. The van der Waals surface area contributed by atoms with Gasteiger partial charge in [0.25, 0.3) is 0 Å². The molecule has 0 radical (unpaired) electrons. The van der Waals surface area contributed by atoms with Gasteiger partial charge in [0.05, 0.1) is 0 Å². The summed E-state index contributed by atoms with van der Waals surface area (Å²) < 4.78 is 1.19. The lowest BCUT2D eigenvalue weighted by Crippen LogP contribution is -2.24. The Morgan fingerprint density at radius 1 is 1.07 bits per heavy atom. The molecule has 0 aromatic heterocycles. The lowest BCUT2D eigenvalue weighted by Gasteiger charge is -2.19. The minimum Gasteiger partial charge on any atom is -0.381 e. The third-order valence-corrected chi connectivity index (χ3v) is 4.15. The first-order chi connectivity index (χ1) is 7.34. The van der Waals surface area contributed by atoms with Crippen LogP contribution in [-0.2, 0) is 0 Å². The molecule has 2 aliphatic carbocycles.